The van der Waals surface area contributed by atoms with Crippen molar-refractivity contribution >= 4 is 18.0 Å². The first-order valence-corrected chi connectivity index (χ1v) is 4.26. The molecule has 0 fully saturated rings. The molecular weight excluding hydrogens is 214 g/mol. The number of amides is 1. The van der Waals surface area contributed by atoms with Crippen LogP contribution >= 0.6 is 0 Å². The Labute approximate surface area is 90.8 Å². The first-order valence-electron chi connectivity index (χ1n) is 4.26. The Morgan fingerprint density at radius 1 is 1.50 bits per heavy atom. The van der Waals surface area contributed by atoms with Crippen molar-refractivity contribution in [3.05, 3.63) is 39.9 Å². The molecule has 0 atom stereocenters. The predicted molar refractivity (Wildman–Crippen MR) is 56.5 cm³/mol. The monoisotopic (exact) mass is 223 g/mol. The molecular formula is C9H9N3O4. The van der Waals surface area contributed by atoms with Crippen molar-refractivity contribution in [3.63, 3.8) is 0 Å². The highest BCUT2D eigenvalue weighted by Crippen LogP contribution is 2.10. The van der Waals surface area contributed by atoms with Gasteiger partial charge in [-0.1, -0.05) is 0 Å². The van der Waals surface area contributed by atoms with Gasteiger partial charge in [0.1, 0.15) is 0 Å². The van der Waals surface area contributed by atoms with Crippen LogP contribution in [0.5, 0.6) is 0 Å². The summed E-state index contributed by atoms with van der Waals surface area (Å²) in [6.45, 7) is 0. The van der Waals surface area contributed by atoms with Gasteiger partial charge in [-0.05, 0) is 17.7 Å². The summed E-state index contributed by atoms with van der Waals surface area (Å²) in [5.41, 5.74) is 0.558. The van der Waals surface area contributed by atoms with Crippen LogP contribution in [-0.4, -0.2) is 34.4 Å². The number of hydrazone groups is 1. The average Bonchev–Trinajstić information content (AvgIpc) is 2.26. The average molecular weight is 223 g/mol. The second kappa shape index (κ2) is 4.87. The molecule has 0 aliphatic heterocycles. The lowest BCUT2D eigenvalue weighted by atomic mass is 10.2. The zero-order valence-electron chi connectivity index (χ0n) is 8.40. The Bertz CT molecular complexity index is 427. The number of non-ortho nitro benzene ring substituents is 1. The van der Waals surface area contributed by atoms with Crippen LogP contribution in [0.25, 0.3) is 0 Å². The first kappa shape index (κ1) is 11.6. The van der Waals surface area contributed by atoms with Gasteiger partial charge in [0.25, 0.3) is 5.69 Å². The van der Waals surface area contributed by atoms with E-state index < -0.39 is 11.0 Å². The summed E-state index contributed by atoms with van der Waals surface area (Å²) in [6.07, 6.45) is 0.121. The van der Waals surface area contributed by atoms with Crippen molar-refractivity contribution in [3.8, 4) is 0 Å². The third-order valence-corrected chi connectivity index (χ3v) is 1.76. The predicted octanol–water partition coefficient (Wildman–Crippen LogP) is 1.54. The minimum atomic E-state index is -1.18. The molecule has 0 saturated heterocycles. The number of carboxylic acid groups (broad SMARTS) is 1. The molecule has 7 heteroatoms. The third-order valence-electron chi connectivity index (χ3n) is 1.76. The Balaban J connectivity index is 2.76. The molecule has 0 bridgehead atoms. The number of hydrogen-bond acceptors (Lipinski definition) is 4. The molecule has 0 spiro atoms. The molecule has 1 amide bonds. The molecule has 0 unspecified atom stereocenters. The highest BCUT2D eigenvalue weighted by Gasteiger charge is 2.03. The Hall–Kier alpha value is -2.44. The van der Waals surface area contributed by atoms with E-state index in [9.17, 15) is 14.9 Å². The topological polar surface area (TPSA) is 96.0 Å². The van der Waals surface area contributed by atoms with Crippen LogP contribution in [0.4, 0.5) is 10.5 Å². The Kier molecular flexibility index (Phi) is 3.54. The fourth-order valence-corrected chi connectivity index (χ4v) is 0.885. The van der Waals surface area contributed by atoms with Crippen molar-refractivity contribution in [1.82, 2.24) is 5.01 Å². The minimum Gasteiger partial charge on any atom is -0.464 e. The molecule has 16 heavy (non-hydrogen) atoms. The molecule has 1 rings (SSSR count). The van der Waals surface area contributed by atoms with Gasteiger partial charge in [-0.25, -0.2) is 9.80 Å². The number of benzene rings is 1. The molecule has 0 heterocycles. The summed E-state index contributed by atoms with van der Waals surface area (Å²) in [4.78, 5) is 20.2. The number of rotatable bonds is 3. The minimum absolute atomic E-state index is 0.0243. The van der Waals surface area contributed by atoms with E-state index in [2.05, 4.69) is 5.10 Å². The molecule has 1 aromatic carbocycles. The van der Waals surface area contributed by atoms with E-state index >= 15 is 0 Å². The lowest BCUT2D eigenvalue weighted by Crippen LogP contribution is -2.18. The molecule has 1 N–H and O–H groups in total. The van der Waals surface area contributed by atoms with Gasteiger partial charge in [-0.15, -0.1) is 0 Å². The maximum Gasteiger partial charge on any atom is 0.427 e. The smallest absolute Gasteiger partial charge is 0.427 e. The lowest BCUT2D eigenvalue weighted by molar-refractivity contribution is -0.384. The summed E-state index contributed by atoms with van der Waals surface area (Å²) >= 11 is 0. The zero-order valence-corrected chi connectivity index (χ0v) is 8.40. The third kappa shape index (κ3) is 3.05. The van der Waals surface area contributed by atoms with Gasteiger partial charge in [0.15, 0.2) is 0 Å². The maximum atomic E-state index is 10.4. The van der Waals surface area contributed by atoms with Gasteiger partial charge >= 0.3 is 6.09 Å². The van der Waals surface area contributed by atoms with E-state index in [0.717, 1.165) is 5.01 Å². The summed E-state index contributed by atoms with van der Waals surface area (Å²) < 4.78 is 0. The van der Waals surface area contributed by atoms with E-state index in [-0.39, 0.29) is 5.69 Å². The molecule has 0 aromatic heterocycles. The number of nitrogens with zero attached hydrogens (tertiary/aromatic N) is 3. The largest absolute Gasteiger partial charge is 0.464 e. The number of carbonyl (C=O) groups is 1. The molecule has 7 nitrogen and oxygen atoms in total. The molecule has 0 saturated carbocycles. The van der Waals surface area contributed by atoms with Gasteiger partial charge in [-0.3, -0.25) is 10.1 Å². The summed E-state index contributed by atoms with van der Waals surface area (Å²) in [5, 5.41) is 23.2. The van der Waals surface area contributed by atoms with Crippen LogP contribution in [0.1, 0.15) is 5.56 Å². The van der Waals surface area contributed by atoms with E-state index in [0.29, 0.717) is 5.56 Å². The highest BCUT2D eigenvalue weighted by atomic mass is 16.6. The van der Waals surface area contributed by atoms with Crippen molar-refractivity contribution in [2.75, 3.05) is 7.05 Å². The van der Waals surface area contributed by atoms with Gasteiger partial charge in [-0.2, -0.15) is 5.10 Å². The second-order valence-corrected chi connectivity index (χ2v) is 2.90. The lowest BCUT2D eigenvalue weighted by Gasteiger charge is -2.03. The summed E-state index contributed by atoms with van der Waals surface area (Å²) in [7, 11) is 1.28. The molecule has 0 aliphatic carbocycles. The molecule has 0 aliphatic rings. The van der Waals surface area contributed by atoms with Crippen LogP contribution in [0.2, 0.25) is 0 Å². The van der Waals surface area contributed by atoms with Crippen LogP contribution in [0.3, 0.4) is 0 Å². The van der Waals surface area contributed by atoms with Gasteiger partial charge < -0.3 is 5.11 Å². The van der Waals surface area contributed by atoms with Crippen molar-refractivity contribution < 1.29 is 14.8 Å². The van der Waals surface area contributed by atoms with E-state index in [4.69, 9.17) is 5.11 Å². The quantitative estimate of drug-likeness (QED) is 0.477. The first-order chi connectivity index (χ1) is 7.50. The van der Waals surface area contributed by atoms with Crippen molar-refractivity contribution in [1.29, 1.82) is 0 Å². The summed E-state index contributed by atoms with van der Waals surface area (Å²) in [5.74, 6) is 0. The fraction of sp³-hybridized carbons (Fsp3) is 0.111. The van der Waals surface area contributed by atoms with Gasteiger partial charge in [0, 0.05) is 19.2 Å². The van der Waals surface area contributed by atoms with Crippen LogP contribution in [-0.2, 0) is 0 Å². The van der Waals surface area contributed by atoms with Crippen molar-refractivity contribution in [2.24, 2.45) is 5.10 Å². The van der Waals surface area contributed by atoms with Gasteiger partial charge in [0.2, 0.25) is 0 Å². The Morgan fingerprint density at radius 3 is 2.50 bits per heavy atom. The van der Waals surface area contributed by atoms with E-state index in [1.807, 2.05) is 0 Å². The molecule has 0 radical (unpaired) electrons. The fourth-order valence-electron chi connectivity index (χ4n) is 0.885. The molecule has 84 valence electrons. The number of hydrogen-bond donors (Lipinski definition) is 1. The number of nitro benzene ring substituents is 1. The standard InChI is InChI=1S/C9H9N3O4/c1-11(9(13)14)10-6-7-2-4-8(5-3-7)12(15)16/h2-6H,1H3,(H,13,14). The highest BCUT2D eigenvalue weighted by molar-refractivity contribution is 5.80. The SMILES string of the molecule is CN(N=Cc1ccc([N+](=O)[O-])cc1)C(=O)O. The van der Waals surface area contributed by atoms with E-state index in [1.54, 1.807) is 0 Å². The van der Waals surface area contributed by atoms with Crippen LogP contribution < -0.4 is 0 Å². The number of nitro groups is 1. The summed E-state index contributed by atoms with van der Waals surface area (Å²) in [6, 6.07) is 5.61. The van der Waals surface area contributed by atoms with Crippen molar-refractivity contribution in [2.45, 2.75) is 0 Å². The maximum absolute atomic E-state index is 10.4. The van der Waals surface area contributed by atoms with Gasteiger partial charge in [0.05, 0.1) is 11.1 Å². The van der Waals surface area contributed by atoms with Crippen LogP contribution in [0.15, 0.2) is 29.4 Å². The zero-order chi connectivity index (χ0) is 12.1. The second-order valence-electron chi connectivity index (χ2n) is 2.90. The Morgan fingerprint density at radius 2 is 2.06 bits per heavy atom. The normalized spacial score (nSPS) is 10.3. The molecule has 1 aromatic rings. The van der Waals surface area contributed by atoms with E-state index in [1.165, 1.54) is 37.5 Å². The van der Waals surface area contributed by atoms with Crippen LogP contribution in [0, 0.1) is 10.1 Å².